The number of benzene rings is 3. The summed E-state index contributed by atoms with van der Waals surface area (Å²) in [7, 11) is 0. The molecule has 4 aromatic rings. The van der Waals surface area contributed by atoms with Gasteiger partial charge in [0.1, 0.15) is 5.70 Å². The normalized spacial score (nSPS) is 11.9. The van der Waals surface area contributed by atoms with Gasteiger partial charge in [-0.2, -0.15) is 0 Å². The molecular weight excluding hydrogens is 552 g/mol. The molecule has 1 unspecified atom stereocenters. The zero-order chi connectivity index (χ0) is 27.8. The SMILES string of the molecule is Cc1csc(NC(=O)C(C)Sc2cccc(NC(=O)/C(=C\c3ccccc3Cl)NC(=O)c3ccccc3)c2)n1. The Balaban J connectivity index is 1.49. The molecule has 0 aliphatic rings. The predicted octanol–water partition coefficient (Wildman–Crippen LogP) is 6.63. The fraction of sp³-hybridized carbons (Fsp3) is 0.103. The van der Waals surface area contributed by atoms with Crippen molar-refractivity contribution in [3.63, 3.8) is 0 Å². The van der Waals surface area contributed by atoms with Crippen molar-refractivity contribution in [1.82, 2.24) is 10.3 Å². The summed E-state index contributed by atoms with van der Waals surface area (Å²) in [5.41, 5.74) is 2.38. The van der Waals surface area contributed by atoms with Crippen LogP contribution in [0.4, 0.5) is 10.8 Å². The zero-order valence-electron chi connectivity index (χ0n) is 21.1. The summed E-state index contributed by atoms with van der Waals surface area (Å²) >= 11 is 9.03. The maximum atomic E-state index is 13.3. The molecule has 0 bridgehead atoms. The topological polar surface area (TPSA) is 100 Å². The van der Waals surface area contributed by atoms with E-state index in [0.29, 0.717) is 27.0 Å². The minimum absolute atomic E-state index is 0.0292. The summed E-state index contributed by atoms with van der Waals surface area (Å²) in [4.78, 5) is 43.8. The van der Waals surface area contributed by atoms with Gasteiger partial charge in [-0.15, -0.1) is 23.1 Å². The van der Waals surface area contributed by atoms with Crippen LogP contribution in [0.25, 0.3) is 6.08 Å². The molecule has 4 rings (SSSR count). The average Bonchev–Trinajstić information content (AvgIpc) is 3.34. The maximum absolute atomic E-state index is 13.3. The molecular formula is C29H25ClN4O3S2. The lowest BCUT2D eigenvalue weighted by Crippen LogP contribution is -2.30. The first-order valence-corrected chi connectivity index (χ1v) is 14.1. The molecule has 7 nitrogen and oxygen atoms in total. The Hall–Kier alpha value is -3.92. The quantitative estimate of drug-likeness (QED) is 0.153. The van der Waals surface area contributed by atoms with Gasteiger partial charge < -0.3 is 16.0 Å². The molecule has 39 heavy (non-hydrogen) atoms. The number of rotatable bonds is 9. The van der Waals surface area contributed by atoms with E-state index >= 15 is 0 Å². The van der Waals surface area contributed by atoms with Gasteiger partial charge in [-0.1, -0.05) is 54.1 Å². The van der Waals surface area contributed by atoms with Crippen LogP contribution in [-0.4, -0.2) is 28.0 Å². The van der Waals surface area contributed by atoms with Crippen molar-refractivity contribution in [2.45, 2.75) is 24.0 Å². The van der Waals surface area contributed by atoms with Crippen LogP contribution in [0.15, 0.2) is 94.8 Å². The fourth-order valence-corrected chi connectivity index (χ4v) is 5.22. The highest BCUT2D eigenvalue weighted by Gasteiger charge is 2.18. The number of nitrogens with one attached hydrogen (secondary N) is 3. The number of amides is 3. The van der Waals surface area contributed by atoms with E-state index in [2.05, 4.69) is 20.9 Å². The second-order valence-corrected chi connectivity index (χ2v) is 11.1. The number of thioether (sulfide) groups is 1. The van der Waals surface area contributed by atoms with E-state index < -0.39 is 17.1 Å². The first kappa shape index (κ1) is 28.1. The number of aromatic nitrogens is 1. The fourth-order valence-electron chi connectivity index (χ4n) is 3.41. The molecule has 0 radical (unpaired) electrons. The molecule has 10 heteroatoms. The summed E-state index contributed by atoms with van der Waals surface area (Å²) in [6, 6.07) is 22.8. The summed E-state index contributed by atoms with van der Waals surface area (Å²) in [5.74, 6) is -1.12. The number of carbonyl (C=O) groups is 3. The van der Waals surface area contributed by atoms with Crippen LogP contribution in [0.5, 0.6) is 0 Å². The molecule has 3 aromatic carbocycles. The Morgan fingerprint density at radius 3 is 2.44 bits per heavy atom. The first-order valence-electron chi connectivity index (χ1n) is 11.9. The molecule has 0 aliphatic heterocycles. The van der Waals surface area contributed by atoms with Gasteiger partial charge in [-0.25, -0.2) is 4.98 Å². The maximum Gasteiger partial charge on any atom is 0.272 e. The first-order chi connectivity index (χ1) is 18.8. The summed E-state index contributed by atoms with van der Waals surface area (Å²) in [6.07, 6.45) is 1.53. The number of nitrogens with zero attached hydrogens (tertiary/aromatic N) is 1. The largest absolute Gasteiger partial charge is 0.321 e. The number of hydrogen-bond donors (Lipinski definition) is 3. The number of halogens is 1. The summed E-state index contributed by atoms with van der Waals surface area (Å²) in [5, 5.41) is 10.8. The third-order valence-electron chi connectivity index (χ3n) is 5.36. The monoisotopic (exact) mass is 576 g/mol. The molecule has 3 amide bonds. The molecule has 0 spiro atoms. The molecule has 1 aromatic heterocycles. The van der Waals surface area contributed by atoms with Gasteiger partial charge in [0.05, 0.1) is 10.9 Å². The van der Waals surface area contributed by atoms with Crippen LogP contribution >= 0.6 is 34.7 Å². The number of thiazole rings is 1. The summed E-state index contributed by atoms with van der Waals surface area (Å²) < 4.78 is 0. The number of anilines is 2. The van der Waals surface area contributed by atoms with Crippen LogP contribution in [0.1, 0.15) is 28.5 Å². The van der Waals surface area contributed by atoms with Gasteiger partial charge >= 0.3 is 0 Å². The third kappa shape index (κ3) is 8.03. The van der Waals surface area contributed by atoms with Gasteiger partial charge in [0.15, 0.2) is 5.13 Å². The van der Waals surface area contributed by atoms with Crippen LogP contribution in [0.3, 0.4) is 0 Å². The zero-order valence-corrected chi connectivity index (χ0v) is 23.5. The molecule has 1 heterocycles. The van der Waals surface area contributed by atoms with Gasteiger partial charge in [0.25, 0.3) is 11.8 Å². The van der Waals surface area contributed by atoms with Crippen molar-refractivity contribution in [2.24, 2.45) is 0 Å². The Kier molecular flexibility index (Phi) is 9.54. The van der Waals surface area contributed by atoms with E-state index in [0.717, 1.165) is 10.6 Å². The highest BCUT2D eigenvalue weighted by molar-refractivity contribution is 8.00. The molecule has 0 fully saturated rings. The molecule has 198 valence electrons. The van der Waals surface area contributed by atoms with Crippen LogP contribution in [0, 0.1) is 6.92 Å². The van der Waals surface area contributed by atoms with Gasteiger partial charge in [-0.05, 0) is 61.9 Å². The average molecular weight is 577 g/mol. The van der Waals surface area contributed by atoms with Gasteiger partial charge in [0, 0.05) is 26.5 Å². The second-order valence-electron chi connectivity index (χ2n) is 8.43. The highest BCUT2D eigenvalue weighted by Crippen LogP contribution is 2.27. The van der Waals surface area contributed by atoms with E-state index in [1.165, 1.54) is 29.2 Å². The van der Waals surface area contributed by atoms with Crippen LogP contribution in [0.2, 0.25) is 5.02 Å². The van der Waals surface area contributed by atoms with Crippen molar-refractivity contribution in [3.05, 3.63) is 112 Å². The van der Waals surface area contributed by atoms with E-state index in [4.69, 9.17) is 11.6 Å². The molecule has 0 saturated heterocycles. The minimum Gasteiger partial charge on any atom is -0.321 e. The standard InChI is InChI=1S/C29H25ClN4O3S2/c1-18-17-38-29(31-18)34-26(35)19(2)39-23-13-8-12-22(16-23)32-28(37)25(15-21-11-6-7-14-24(21)30)33-27(36)20-9-4-3-5-10-20/h3-17,19H,1-2H3,(H,32,37)(H,33,36)(H,31,34,35)/b25-15+. The van der Waals surface area contributed by atoms with Crippen molar-refractivity contribution in [3.8, 4) is 0 Å². The Bertz CT molecular complexity index is 1520. The lowest BCUT2D eigenvalue weighted by Gasteiger charge is -2.14. The number of aryl methyl sites for hydroxylation is 1. The minimum atomic E-state index is -0.522. The summed E-state index contributed by atoms with van der Waals surface area (Å²) in [6.45, 7) is 3.67. The lowest BCUT2D eigenvalue weighted by molar-refractivity contribution is -0.115. The lowest BCUT2D eigenvalue weighted by atomic mass is 10.1. The molecule has 0 saturated carbocycles. The van der Waals surface area contributed by atoms with E-state index in [9.17, 15) is 14.4 Å². The Labute approximate surface area is 239 Å². The molecule has 3 N–H and O–H groups in total. The number of carbonyl (C=O) groups excluding carboxylic acids is 3. The van der Waals surface area contributed by atoms with E-state index in [1.54, 1.807) is 79.7 Å². The van der Waals surface area contributed by atoms with Gasteiger partial charge in [0.2, 0.25) is 5.91 Å². The van der Waals surface area contributed by atoms with Crippen LogP contribution < -0.4 is 16.0 Å². The Morgan fingerprint density at radius 2 is 1.72 bits per heavy atom. The van der Waals surface area contributed by atoms with Crippen LogP contribution in [-0.2, 0) is 9.59 Å². The molecule has 1 atom stereocenters. The van der Waals surface area contributed by atoms with Crippen molar-refractivity contribution >= 4 is 69.3 Å². The smallest absolute Gasteiger partial charge is 0.272 e. The number of hydrogen-bond acceptors (Lipinski definition) is 6. The van der Waals surface area contributed by atoms with Crippen molar-refractivity contribution in [2.75, 3.05) is 10.6 Å². The van der Waals surface area contributed by atoms with E-state index in [1.807, 2.05) is 18.4 Å². The van der Waals surface area contributed by atoms with Crippen molar-refractivity contribution < 1.29 is 14.4 Å². The highest BCUT2D eigenvalue weighted by atomic mass is 35.5. The predicted molar refractivity (Wildman–Crippen MR) is 159 cm³/mol. The third-order valence-corrected chi connectivity index (χ3v) is 7.67. The molecule has 0 aliphatic carbocycles. The van der Waals surface area contributed by atoms with E-state index in [-0.39, 0.29) is 11.6 Å². The second kappa shape index (κ2) is 13.2. The Morgan fingerprint density at radius 1 is 0.974 bits per heavy atom. The van der Waals surface area contributed by atoms with Gasteiger partial charge in [-0.3, -0.25) is 14.4 Å². The van der Waals surface area contributed by atoms with Crippen molar-refractivity contribution in [1.29, 1.82) is 0 Å².